The molecule has 0 unspecified atom stereocenters. The highest BCUT2D eigenvalue weighted by Crippen LogP contribution is 2.38. The number of pyridine rings is 1. The summed E-state index contributed by atoms with van der Waals surface area (Å²) in [6.45, 7) is 1.26. The molecule has 4 rings (SSSR count). The Kier molecular flexibility index (Phi) is 5.67. The summed E-state index contributed by atoms with van der Waals surface area (Å²) in [5, 5.41) is 3.60. The van der Waals surface area contributed by atoms with Gasteiger partial charge in [-0.25, -0.2) is 0 Å². The number of carbonyl (C=O) groups excluding carboxylic acids is 1. The van der Waals surface area contributed by atoms with Crippen LogP contribution in [0.2, 0.25) is 5.02 Å². The molecular formula is C23H22ClN3O2. The van der Waals surface area contributed by atoms with Gasteiger partial charge in [0.05, 0.1) is 29.7 Å². The molecule has 0 radical (unpaired) electrons. The third kappa shape index (κ3) is 4.20. The molecule has 0 aliphatic carbocycles. The summed E-state index contributed by atoms with van der Waals surface area (Å²) < 4.78 is 5.54. The number of fused-ring (bicyclic) bond motifs is 1. The molecule has 0 atom stereocenters. The van der Waals surface area contributed by atoms with Gasteiger partial charge < -0.3 is 15.0 Å². The van der Waals surface area contributed by atoms with E-state index in [1.54, 1.807) is 13.3 Å². The molecule has 2 heterocycles. The zero-order valence-corrected chi connectivity index (χ0v) is 16.9. The van der Waals surface area contributed by atoms with E-state index in [1.165, 1.54) is 0 Å². The van der Waals surface area contributed by atoms with Crippen LogP contribution in [0.5, 0.6) is 5.75 Å². The SMILES string of the molecule is COc1ccccc1N1CCCc2ncc(C(=O)NCc3cccc(Cl)c3)cc21. The fourth-order valence-electron chi connectivity index (χ4n) is 3.59. The Hall–Kier alpha value is -3.05. The number of ether oxygens (including phenoxy) is 1. The highest BCUT2D eigenvalue weighted by Gasteiger charge is 2.23. The molecule has 3 aromatic rings. The predicted octanol–water partition coefficient (Wildman–Crippen LogP) is 4.76. The van der Waals surface area contributed by atoms with Gasteiger partial charge in [0.2, 0.25) is 0 Å². The summed E-state index contributed by atoms with van der Waals surface area (Å²) in [6, 6.07) is 17.3. The molecule has 29 heavy (non-hydrogen) atoms. The number of aryl methyl sites for hydroxylation is 1. The van der Waals surface area contributed by atoms with Crippen LogP contribution >= 0.6 is 11.6 Å². The van der Waals surface area contributed by atoms with E-state index in [0.717, 1.165) is 47.8 Å². The first-order valence-corrected chi connectivity index (χ1v) is 9.95. The van der Waals surface area contributed by atoms with E-state index in [4.69, 9.17) is 16.3 Å². The molecule has 1 amide bonds. The Morgan fingerprint density at radius 1 is 1.17 bits per heavy atom. The zero-order chi connectivity index (χ0) is 20.2. The van der Waals surface area contributed by atoms with Crippen molar-refractivity contribution < 1.29 is 9.53 Å². The molecule has 6 heteroatoms. The lowest BCUT2D eigenvalue weighted by Crippen LogP contribution is -2.28. The standard InChI is InChI=1S/C23H22ClN3O2/c1-29-22-10-3-2-9-20(22)27-11-5-8-19-21(27)13-17(15-25-19)23(28)26-14-16-6-4-7-18(24)12-16/h2-4,6-7,9-10,12-13,15H,5,8,11,14H2,1H3,(H,26,28). The number of aromatic nitrogens is 1. The molecule has 0 fully saturated rings. The molecule has 1 aromatic heterocycles. The van der Waals surface area contributed by atoms with E-state index in [2.05, 4.69) is 15.2 Å². The number of carbonyl (C=O) groups is 1. The normalized spacial score (nSPS) is 13.0. The molecule has 1 aliphatic rings. The maximum atomic E-state index is 12.7. The van der Waals surface area contributed by atoms with Gasteiger partial charge in [0, 0.05) is 24.3 Å². The van der Waals surface area contributed by atoms with E-state index in [9.17, 15) is 4.79 Å². The minimum atomic E-state index is -0.161. The Morgan fingerprint density at radius 2 is 2.03 bits per heavy atom. The van der Waals surface area contributed by atoms with E-state index in [-0.39, 0.29) is 5.91 Å². The van der Waals surface area contributed by atoms with Crippen molar-refractivity contribution in [1.29, 1.82) is 0 Å². The molecule has 0 spiro atoms. The number of benzene rings is 2. The van der Waals surface area contributed by atoms with Crippen LogP contribution in [0.15, 0.2) is 60.8 Å². The number of methoxy groups -OCH3 is 1. The molecule has 1 N–H and O–H groups in total. The molecule has 0 saturated heterocycles. The van der Waals surface area contributed by atoms with Crippen molar-refractivity contribution in [2.75, 3.05) is 18.6 Å². The Morgan fingerprint density at radius 3 is 2.86 bits per heavy atom. The Balaban J connectivity index is 1.59. The zero-order valence-electron chi connectivity index (χ0n) is 16.2. The largest absolute Gasteiger partial charge is 0.495 e. The smallest absolute Gasteiger partial charge is 0.253 e. The molecular weight excluding hydrogens is 386 g/mol. The van der Waals surface area contributed by atoms with Gasteiger partial charge in [-0.05, 0) is 48.7 Å². The summed E-state index contributed by atoms with van der Waals surface area (Å²) >= 11 is 6.02. The average molecular weight is 408 g/mol. The lowest BCUT2D eigenvalue weighted by Gasteiger charge is -2.31. The molecule has 148 valence electrons. The summed E-state index contributed by atoms with van der Waals surface area (Å²) in [4.78, 5) is 19.5. The van der Waals surface area contributed by atoms with E-state index >= 15 is 0 Å². The van der Waals surface area contributed by atoms with Crippen LogP contribution < -0.4 is 15.0 Å². The number of anilines is 2. The van der Waals surface area contributed by atoms with Gasteiger partial charge in [-0.15, -0.1) is 0 Å². The molecule has 1 aliphatic heterocycles. The molecule has 0 bridgehead atoms. The van der Waals surface area contributed by atoms with Gasteiger partial charge in [-0.2, -0.15) is 0 Å². The highest BCUT2D eigenvalue weighted by molar-refractivity contribution is 6.30. The van der Waals surface area contributed by atoms with Crippen LogP contribution in [0.4, 0.5) is 11.4 Å². The molecule has 5 nitrogen and oxygen atoms in total. The van der Waals surface area contributed by atoms with Crippen LogP contribution in [-0.2, 0) is 13.0 Å². The highest BCUT2D eigenvalue weighted by atomic mass is 35.5. The van der Waals surface area contributed by atoms with Crippen LogP contribution in [-0.4, -0.2) is 24.5 Å². The van der Waals surface area contributed by atoms with Crippen LogP contribution in [0.3, 0.4) is 0 Å². The van der Waals surface area contributed by atoms with Gasteiger partial charge in [0.15, 0.2) is 0 Å². The van der Waals surface area contributed by atoms with Crippen LogP contribution in [0, 0.1) is 0 Å². The van der Waals surface area contributed by atoms with Crippen molar-refractivity contribution in [1.82, 2.24) is 10.3 Å². The number of nitrogens with zero attached hydrogens (tertiary/aromatic N) is 2. The van der Waals surface area contributed by atoms with Crippen molar-refractivity contribution in [3.8, 4) is 5.75 Å². The number of rotatable bonds is 5. The topological polar surface area (TPSA) is 54.5 Å². The van der Waals surface area contributed by atoms with Crippen molar-refractivity contribution in [2.45, 2.75) is 19.4 Å². The number of halogens is 1. The number of hydrogen-bond donors (Lipinski definition) is 1. The van der Waals surface area contributed by atoms with Gasteiger partial charge >= 0.3 is 0 Å². The number of amides is 1. The second-order valence-electron chi connectivity index (χ2n) is 6.93. The van der Waals surface area contributed by atoms with Crippen LogP contribution in [0.25, 0.3) is 0 Å². The number of nitrogens with one attached hydrogen (secondary N) is 1. The number of hydrogen-bond acceptors (Lipinski definition) is 4. The van der Waals surface area contributed by atoms with E-state index < -0.39 is 0 Å². The minimum absolute atomic E-state index is 0.161. The fourth-order valence-corrected chi connectivity index (χ4v) is 3.80. The third-order valence-corrected chi connectivity index (χ3v) is 5.25. The van der Waals surface area contributed by atoms with Crippen molar-refractivity contribution >= 4 is 28.9 Å². The second-order valence-corrected chi connectivity index (χ2v) is 7.37. The summed E-state index contributed by atoms with van der Waals surface area (Å²) in [6.07, 6.45) is 3.54. The Labute approximate surface area is 175 Å². The van der Waals surface area contributed by atoms with Crippen molar-refractivity contribution in [3.63, 3.8) is 0 Å². The quantitative estimate of drug-likeness (QED) is 0.662. The minimum Gasteiger partial charge on any atom is -0.495 e. The van der Waals surface area contributed by atoms with Gasteiger partial charge in [-0.1, -0.05) is 35.9 Å². The van der Waals surface area contributed by atoms with Gasteiger partial charge in [-0.3, -0.25) is 9.78 Å². The molecule has 2 aromatic carbocycles. The number of para-hydroxylation sites is 2. The van der Waals surface area contributed by atoms with Crippen molar-refractivity contribution in [3.05, 3.63) is 82.6 Å². The van der Waals surface area contributed by atoms with E-state index in [0.29, 0.717) is 17.1 Å². The lowest BCUT2D eigenvalue weighted by atomic mass is 10.0. The van der Waals surface area contributed by atoms with Crippen LogP contribution in [0.1, 0.15) is 28.0 Å². The summed E-state index contributed by atoms with van der Waals surface area (Å²) in [7, 11) is 1.67. The first kappa shape index (κ1) is 19.3. The summed E-state index contributed by atoms with van der Waals surface area (Å²) in [5.74, 6) is 0.641. The lowest BCUT2D eigenvalue weighted by molar-refractivity contribution is 0.0950. The Bertz CT molecular complexity index is 1040. The van der Waals surface area contributed by atoms with Crippen molar-refractivity contribution in [2.24, 2.45) is 0 Å². The second kappa shape index (κ2) is 8.53. The first-order valence-electron chi connectivity index (χ1n) is 9.58. The maximum absolute atomic E-state index is 12.7. The first-order chi connectivity index (χ1) is 14.2. The van der Waals surface area contributed by atoms with E-state index in [1.807, 2.05) is 54.6 Å². The molecule has 0 saturated carbocycles. The maximum Gasteiger partial charge on any atom is 0.253 e. The van der Waals surface area contributed by atoms with Gasteiger partial charge in [0.1, 0.15) is 5.75 Å². The predicted molar refractivity (Wildman–Crippen MR) is 115 cm³/mol. The fraction of sp³-hybridized carbons (Fsp3) is 0.217. The average Bonchev–Trinajstić information content (AvgIpc) is 2.76. The third-order valence-electron chi connectivity index (χ3n) is 5.01. The van der Waals surface area contributed by atoms with Gasteiger partial charge in [0.25, 0.3) is 5.91 Å². The summed E-state index contributed by atoms with van der Waals surface area (Å²) in [5.41, 5.74) is 4.42. The monoisotopic (exact) mass is 407 g/mol.